The van der Waals surface area contributed by atoms with Gasteiger partial charge >= 0.3 is 0 Å². The SMILES string of the molecule is CCCCCCCNc1ncccc1C(=N)c1ccccc1OCc1ccccc1C. The summed E-state index contributed by atoms with van der Waals surface area (Å²) < 4.78 is 6.14. The molecule has 162 valence electrons. The van der Waals surface area contributed by atoms with E-state index in [1.807, 2.05) is 48.5 Å². The summed E-state index contributed by atoms with van der Waals surface area (Å²) in [4.78, 5) is 4.50. The number of unbranched alkanes of at least 4 members (excludes halogenated alkanes) is 4. The number of aromatic nitrogens is 1. The molecule has 0 atom stereocenters. The highest BCUT2D eigenvalue weighted by Gasteiger charge is 2.15. The first kappa shape index (κ1) is 22.5. The minimum atomic E-state index is 0.418. The van der Waals surface area contributed by atoms with E-state index in [0.29, 0.717) is 18.1 Å². The summed E-state index contributed by atoms with van der Waals surface area (Å²) in [6.07, 6.45) is 7.92. The van der Waals surface area contributed by atoms with Crippen molar-refractivity contribution in [3.63, 3.8) is 0 Å². The molecule has 0 unspecified atom stereocenters. The van der Waals surface area contributed by atoms with Gasteiger partial charge in [0.2, 0.25) is 0 Å². The van der Waals surface area contributed by atoms with E-state index in [0.717, 1.165) is 35.5 Å². The van der Waals surface area contributed by atoms with E-state index in [1.165, 1.54) is 31.2 Å². The molecule has 0 aliphatic rings. The first-order chi connectivity index (χ1) is 15.2. The quantitative estimate of drug-likeness (QED) is 0.253. The van der Waals surface area contributed by atoms with Gasteiger partial charge in [-0.15, -0.1) is 0 Å². The van der Waals surface area contributed by atoms with Crippen molar-refractivity contribution in [3.05, 3.63) is 89.1 Å². The van der Waals surface area contributed by atoms with Crippen LogP contribution in [0.4, 0.5) is 5.82 Å². The number of hydrogen-bond donors (Lipinski definition) is 2. The van der Waals surface area contributed by atoms with Gasteiger partial charge in [0.15, 0.2) is 0 Å². The van der Waals surface area contributed by atoms with Crippen LogP contribution in [0.5, 0.6) is 5.75 Å². The summed E-state index contributed by atoms with van der Waals surface area (Å²) in [5.41, 5.74) is 4.34. The number of para-hydroxylation sites is 1. The number of hydrogen-bond acceptors (Lipinski definition) is 4. The van der Waals surface area contributed by atoms with Crippen molar-refractivity contribution in [2.75, 3.05) is 11.9 Å². The minimum absolute atomic E-state index is 0.418. The number of ether oxygens (including phenoxy) is 1. The zero-order chi connectivity index (χ0) is 21.9. The van der Waals surface area contributed by atoms with Crippen molar-refractivity contribution >= 4 is 11.5 Å². The molecule has 1 aromatic heterocycles. The maximum absolute atomic E-state index is 8.89. The molecule has 2 aromatic carbocycles. The lowest BCUT2D eigenvalue weighted by molar-refractivity contribution is 0.305. The molecule has 1 heterocycles. The largest absolute Gasteiger partial charge is 0.488 e. The Morgan fingerprint density at radius 2 is 1.65 bits per heavy atom. The Morgan fingerprint density at radius 1 is 0.903 bits per heavy atom. The monoisotopic (exact) mass is 415 g/mol. The van der Waals surface area contributed by atoms with Gasteiger partial charge in [-0.3, -0.25) is 5.41 Å². The Balaban J connectivity index is 1.71. The number of rotatable bonds is 12. The molecule has 0 amide bonds. The molecule has 31 heavy (non-hydrogen) atoms. The number of pyridine rings is 1. The van der Waals surface area contributed by atoms with Crippen molar-refractivity contribution in [2.45, 2.75) is 52.6 Å². The summed E-state index contributed by atoms with van der Waals surface area (Å²) >= 11 is 0. The molecule has 3 rings (SSSR count). The van der Waals surface area contributed by atoms with Gasteiger partial charge in [0, 0.05) is 23.9 Å². The Hall–Kier alpha value is -3.14. The van der Waals surface area contributed by atoms with Crippen LogP contribution in [-0.2, 0) is 6.61 Å². The second-order valence-corrected chi connectivity index (χ2v) is 7.83. The van der Waals surface area contributed by atoms with Crippen LogP contribution in [0.3, 0.4) is 0 Å². The molecule has 3 aromatic rings. The first-order valence-corrected chi connectivity index (χ1v) is 11.2. The number of aryl methyl sites for hydroxylation is 1. The Labute approximate surface area is 186 Å². The smallest absolute Gasteiger partial charge is 0.135 e. The van der Waals surface area contributed by atoms with Crippen molar-refractivity contribution in [1.82, 2.24) is 4.98 Å². The van der Waals surface area contributed by atoms with Gasteiger partial charge in [0.25, 0.3) is 0 Å². The first-order valence-electron chi connectivity index (χ1n) is 11.2. The van der Waals surface area contributed by atoms with Crippen LogP contribution in [0.15, 0.2) is 66.9 Å². The van der Waals surface area contributed by atoms with Gasteiger partial charge in [-0.05, 0) is 48.7 Å². The second kappa shape index (κ2) is 11.9. The fourth-order valence-electron chi connectivity index (χ4n) is 3.55. The molecule has 0 aliphatic carbocycles. The lowest BCUT2D eigenvalue weighted by Gasteiger charge is -2.16. The number of benzene rings is 2. The highest BCUT2D eigenvalue weighted by Crippen LogP contribution is 2.25. The van der Waals surface area contributed by atoms with Crippen LogP contribution in [0.1, 0.15) is 61.3 Å². The van der Waals surface area contributed by atoms with Crippen LogP contribution in [0.25, 0.3) is 0 Å². The zero-order valence-electron chi connectivity index (χ0n) is 18.7. The normalized spacial score (nSPS) is 10.6. The predicted octanol–water partition coefficient (Wildman–Crippen LogP) is 6.77. The highest BCUT2D eigenvalue weighted by molar-refractivity contribution is 6.15. The summed E-state index contributed by atoms with van der Waals surface area (Å²) in [7, 11) is 0. The molecule has 0 saturated heterocycles. The summed E-state index contributed by atoms with van der Waals surface area (Å²) in [6, 6.07) is 19.8. The number of anilines is 1. The lowest BCUT2D eigenvalue weighted by Crippen LogP contribution is -2.12. The maximum Gasteiger partial charge on any atom is 0.135 e. The fourth-order valence-corrected chi connectivity index (χ4v) is 3.55. The molecule has 0 fully saturated rings. The van der Waals surface area contributed by atoms with Gasteiger partial charge in [-0.25, -0.2) is 4.98 Å². The van der Waals surface area contributed by atoms with E-state index in [-0.39, 0.29) is 0 Å². The van der Waals surface area contributed by atoms with Gasteiger partial charge in [0.05, 0.1) is 5.71 Å². The highest BCUT2D eigenvalue weighted by atomic mass is 16.5. The third-order valence-corrected chi connectivity index (χ3v) is 5.45. The molecule has 0 radical (unpaired) electrons. The average Bonchev–Trinajstić information content (AvgIpc) is 2.81. The van der Waals surface area contributed by atoms with E-state index >= 15 is 0 Å². The minimum Gasteiger partial charge on any atom is -0.488 e. The van der Waals surface area contributed by atoms with E-state index in [9.17, 15) is 0 Å². The van der Waals surface area contributed by atoms with E-state index in [2.05, 4.69) is 36.3 Å². The molecule has 0 aliphatic heterocycles. The fraction of sp³-hybridized carbons (Fsp3) is 0.333. The van der Waals surface area contributed by atoms with Crippen molar-refractivity contribution in [2.24, 2.45) is 0 Å². The molecule has 0 spiro atoms. The molecule has 0 saturated carbocycles. The van der Waals surface area contributed by atoms with Gasteiger partial charge in [-0.2, -0.15) is 0 Å². The molecular formula is C27H33N3O. The molecule has 2 N–H and O–H groups in total. The third kappa shape index (κ3) is 6.42. The van der Waals surface area contributed by atoms with Crippen LogP contribution >= 0.6 is 0 Å². The van der Waals surface area contributed by atoms with Crippen LogP contribution < -0.4 is 10.1 Å². The Morgan fingerprint density at radius 3 is 2.48 bits per heavy atom. The van der Waals surface area contributed by atoms with Crippen molar-refractivity contribution in [1.29, 1.82) is 5.41 Å². The van der Waals surface area contributed by atoms with E-state index < -0.39 is 0 Å². The Kier molecular flexibility index (Phi) is 8.65. The predicted molar refractivity (Wildman–Crippen MR) is 129 cm³/mol. The van der Waals surface area contributed by atoms with Crippen LogP contribution in [-0.4, -0.2) is 17.2 Å². The second-order valence-electron chi connectivity index (χ2n) is 7.83. The van der Waals surface area contributed by atoms with Gasteiger partial charge in [0.1, 0.15) is 18.2 Å². The summed E-state index contributed by atoms with van der Waals surface area (Å²) in [5, 5.41) is 12.3. The standard InChI is InChI=1S/C27H33N3O/c1-3-4-5-6-11-18-29-27-24(16-12-19-30-27)26(28)23-15-9-10-17-25(23)31-20-22-14-8-7-13-21(22)2/h7-10,12-17,19,28H,3-6,11,18,20H2,1-2H3,(H,29,30). The molecule has 0 bridgehead atoms. The summed E-state index contributed by atoms with van der Waals surface area (Å²) in [6.45, 7) is 5.66. The van der Waals surface area contributed by atoms with Crippen molar-refractivity contribution in [3.8, 4) is 5.75 Å². The van der Waals surface area contributed by atoms with E-state index in [1.54, 1.807) is 6.20 Å². The Bertz CT molecular complexity index is 983. The topological polar surface area (TPSA) is 58.0 Å². The molecule has 4 nitrogen and oxygen atoms in total. The lowest BCUT2D eigenvalue weighted by atomic mass is 10.0. The number of nitrogens with zero attached hydrogens (tertiary/aromatic N) is 1. The van der Waals surface area contributed by atoms with Crippen LogP contribution in [0, 0.1) is 12.3 Å². The molecular weight excluding hydrogens is 382 g/mol. The number of nitrogens with one attached hydrogen (secondary N) is 2. The maximum atomic E-state index is 8.89. The van der Waals surface area contributed by atoms with Gasteiger partial charge in [-0.1, -0.05) is 69.0 Å². The van der Waals surface area contributed by atoms with E-state index in [4.69, 9.17) is 10.1 Å². The summed E-state index contributed by atoms with van der Waals surface area (Å²) in [5.74, 6) is 1.47. The zero-order valence-corrected chi connectivity index (χ0v) is 18.7. The van der Waals surface area contributed by atoms with Crippen LogP contribution in [0.2, 0.25) is 0 Å². The van der Waals surface area contributed by atoms with Crippen molar-refractivity contribution < 1.29 is 4.74 Å². The average molecular weight is 416 g/mol. The third-order valence-electron chi connectivity index (χ3n) is 5.45. The molecule has 4 heteroatoms. The van der Waals surface area contributed by atoms with Gasteiger partial charge < -0.3 is 10.1 Å².